The molecule has 0 aromatic rings. The van der Waals surface area contributed by atoms with Crippen LogP contribution in [0.2, 0.25) is 0 Å². The van der Waals surface area contributed by atoms with Crippen LogP contribution in [0, 0.1) is 5.92 Å². The molecule has 102 valence electrons. The van der Waals surface area contributed by atoms with Crippen LogP contribution in [0.25, 0.3) is 0 Å². The minimum Gasteiger partial charge on any atom is -0.394 e. The molecule has 0 bridgehead atoms. The highest BCUT2D eigenvalue weighted by molar-refractivity contribution is 8.32. The molecule has 3 nitrogen and oxygen atoms in total. The van der Waals surface area contributed by atoms with Gasteiger partial charge >= 0.3 is 0 Å². The van der Waals surface area contributed by atoms with E-state index in [1.165, 1.54) is 12.8 Å². The Morgan fingerprint density at radius 3 is 2.24 bits per heavy atom. The van der Waals surface area contributed by atoms with Crippen molar-refractivity contribution >= 4 is 15.9 Å². The van der Waals surface area contributed by atoms with Crippen LogP contribution in [0.4, 0.5) is 0 Å². The molecular weight excluding hydrogens is 234 g/mol. The zero-order chi connectivity index (χ0) is 13.1. The number of nitrogens with one attached hydrogen (secondary N) is 1. The molecule has 1 fully saturated rings. The summed E-state index contributed by atoms with van der Waals surface area (Å²) in [5.74, 6) is 0.302. The summed E-state index contributed by atoms with van der Waals surface area (Å²) in [6.07, 6.45) is 11.5. The lowest BCUT2D eigenvalue weighted by Crippen LogP contribution is -2.41. The van der Waals surface area contributed by atoms with E-state index in [1.54, 1.807) is 0 Å². The molecule has 0 heterocycles. The molecule has 1 aliphatic rings. The van der Waals surface area contributed by atoms with Crippen molar-refractivity contribution in [2.24, 2.45) is 5.92 Å². The number of amides is 1. The second-order valence-corrected chi connectivity index (χ2v) is 10.5. The Labute approximate surface area is 107 Å². The van der Waals surface area contributed by atoms with Crippen molar-refractivity contribution in [2.45, 2.75) is 43.9 Å². The van der Waals surface area contributed by atoms with Gasteiger partial charge in [-0.15, -0.1) is 0 Å². The van der Waals surface area contributed by atoms with Crippen LogP contribution >= 0.6 is 10.0 Å². The number of aliphatic hydroxyl groups excluding tert-OH is 1. The van der Waals surface area contributed by atoms with Gasteiger partial charge in [-0.1, -0.05) is 0 Å². The highest BCUT2D eigenvalue weighted by Gasteiger charge is 2.30. The van der Waals surface area contributed by atoms with Gasteiger partial charge < -0.3 is 10.4 Å². The summed E-state index contributed by atoms with van der Waals surface area (Å²) < 4.78 is 0. The number of aliphatic hydroxyl groups is 1. The summed E-state index contributed by atoms with van der Waals surface area (Å²) in [5.41, 5.74) is 0. The van der Waals surface area contributed by atoms with Gasteiger partial charge in [0.05, 0.1) is 6.61 Å². The average Bonchev–Trinajstić information content (AvgIpc) is 2.27. The predicted molar refractivity (Wildman–Crippen MR) is 75.8 cm³/mol. The fourth-order valence-electron chi connectivity index (χ4n) is 2.44. The van der Waals surface area contributed by atoms with Crippen LogP contribution in [-0.2, 0) is 4.79 Å². The lowest BCUT2D eigenvalue weighted by atomic mass is 9.88. The molecule has 0 aromatic heterocycles. The Bertz CT molecular complexity index is 255. The molecule has 0 aromatic carbocycles. The van der Waals surface area contributed by atoms with Crippen molar-refractivity contribution in [3.8, 4) is 0 Å². The smallest absolute Gasteiger partial charge is 0.223 e. The zero-order valence-corrected chi connectivity index (χ0v) is 12.3. The van der Waals surface area contributed by atoms with Gasteiger partial charge in [-0.25, -0.2) is 10.0 Å². The van der Waals surface area contributed by atoms with E-state index in [2.05, 4.69) is 24.1 Å². The number of carbonyl (C=O) groups excluding carboxylic acids is 1. The van der Waals surface area contributed by atoms with E-state index in [0.717, 1.165) is 18.1 Å². The van der Waals surface area contributed by atoms with Crippen molar-refractivity contribution < 1.29 is 9.90 Å². The van der Waals surface area contributed by atoms with Crippen LogP contribution in [0.1, 0.15) is 32.6 Å². The molecule has 4 heteroatoms. The Hall–Kier alpha value is -0.220. The Morgan fingerprint density at radius 1 is 1.29 bits per heavy atom. The van der Waals surface area contributed by atoms with Crippen molar-refractivity contribution in [3.63, 3.8) is 0 Å². The van der Waals surface area contributed by atoms with E-state index in [0.29, 0.717) is 0 Å². The van der Waals surface area contributed by atoms with Crippen molar-refractivity contribution in [2.75, 3.05) is 25.4 Å². The van der Waals surface area contributed by atoms with Crippen molar-refractivity contribution in [1.82, 2.24) is 5.32 Å². The number of hydrogen-bond donors (Lipinski definition) is 2. The molecule has 2 N–H and O–H groups in total. The summed E-state index contributed by atoms with van der Waals surface area (Å²) in [4.78, 5) is 11.9. The Kier molecular flexibility index (Phi) is 5.32. The van der Waals surface area contributed by atoms with Crippen molar-refractivity contribution in [3.05, 3.63) is 0 Å². The maximum Gasteiger partial charge on any atom is 0.223 e. The number of carbonyl (C=O) groups is 1. The van der Waals surface area contributed by atoms with Gasteiger partial charge in [-0.2, -0.15) is 0 Å². The molecular formula is C13H27NO2S. The van der Waals surface area contributed by atoms with Crippen LogP contribution in [0.3, 0.4) is 0 Å². The SMILES string of the molecule is CC(CO)NC(=O)C1CCC(S(C)(C)C)CC1. The fourth-order valence-corrected chi connectivity index (χ4v) is 4.12. The highest BCUT2D eigenvalue weighted by Crippen LogP contribution is 2.48. The Balaban J connectivity index is 2.39. The standard InChI is InChI=1S/C13H27NO2S/c1-10(9-15)14-13(16)11-5-7-12(8-6-11)17(2,3)4/h10-12,15H,5-9H2,1-4H3,(H,14,16). The summed E-state index contributed by atoms with van der Waals surface area (Å²) in [6, 6.07) is -0.117. The number of hydrogen-bond acceptors (Lipinski definition) is 2. The van der Waals surface area contributed by atoms with Gasteiger partial charge in [0, 0.05) is 12.0 Å². The molecule has 17 heavy (non-hydrogen) atoms. The fraction of sp³-hybridized carbons (Fsp3) is 0.923. The Morgan fingerprint density at radius 2 is 1.82 bits per heavy atom. The first-order valence-electron chi connectivity index (χ1n) is 6.43. The lowest BCUT2D eigenvalue weighted by Gasteiger charge is -2.40. The van der Waals surface area contributed by atoms with E-state index in [9.17, 15) is 4.79 Å². The predicted octanol–water partition coefficient (Wildman–Crippen LogP) is 1.74. The largest absolute Gasteiger partial charge is 0.394 e. The lowest BCUT2D eigenvalue weighted by molar-refractivity contribution is -0.126. The molecule has 0 aliphatic heterocycles. The van der Waals surface area contributed by atoms with Crippen LogP contribution in [0.15, 0.2) is 0 Å². The molecule has 1 rings (SSSR count). The first-order chi connectivity index (χ1) is 7.84. The minimum atomic E-state index is -0.474. The van der Waals surface area contributed by atoms with E-state index in [4.69, 9.17) is 5.11 Å². The van der Waals surface area contributed by atoms with E-state index in [1.807, 2.05) is 6.92 Å². The van der Waals surface area contributed by atoms with Crippen LogP contribution in [-0.4, -0.2) is 47.7 Å². The van der Waals surface area contributed by atoms with E-state index >= 15 is 0 Å². The monoisotopic (exact) mass is 261 g/mol. The van der Waals surface area contributed by atoms with Gasteiger partial charge in [0.2, 0.25) is 5.91 Å². The molecule has 1 amide bonds. The highest BCUT2D eigenvalue weighted by atomic mass is 32.3. The third-order valence-corrected chi connectivity index (χ3v) is 6.18. The first kappa shape index (κ1) is 14.8. The van der Waals surface area contributed by atoms with Gasteiger partial charge in [0.15, 0.2) is 0 Å². The second kappa shape index (κ2) is 6.10. The van der Waals surface area contributed by atoms with Gasteiger partial charge in [0.1, 0.15) is 0 Å². The van der Waals surface area contributed by atoms with Gasteiger partial charge in [-0.3, -0.25) is 4.79 Å². The molecule has 1 saturated carbocycles. The summed E-state index contributed by atoms with van der Waals surface area (Å²) in [6.45, 7) is 1.86. The zero-order valence-electron chi connectivity index (χ0n) is 11.5. The molecule has 0 saturated heterocycles. The maximum absolute atomic E-state index is 11.9. The van der Waals surface area contributed by atoms with E-state index in [-0.39, 0.29) is 24.5 Å². The van der Waals surface area contributed by atoms with Crippen LogP contribution in [0.5, 0.6) is 0 Å². The topological polar surface area (TPSA) is 49.3 Å². The third-order valence-electron chi connectivity index (χ3n) is 3.71. The second-order valence-electron chi connectivity index (χ2n) is 6.00. The van der Waals surface area contributed by atoms with Gasteiger partial charge in [0.25, 0.3) is 0 Å². The molecule has 1 aliphatic carbocycles. The van der Waals surface area contributed by atoms with E-state index < -0.39 is 10.0 Å². The quantitative estimate of drug-likeness (QED) is 0.810. The molecule has 0 radical (unpaired) electrons. The summed E-state index contributed by atoms with van der Waals surface area (Å²) >= 11 is 0. The number of rotatable bonds is 4. The first-order valence-corrected chi connectivity index (χ1v) is 9.35. The van der Waals surface area contributed by atoms with Gasteiger partial charge in [-0.05, 0) is 56.6 Å². The summed E-state index contributed by atoms with van der Waals surface area (Å²) in [7, 11) is -0.474. The van der Waals surface area contributed by atoms with Crippen molar-refractivity contribution in [1.29, 1.82) is 0 Å². The minimum absolute atomic E-state index is 0.0211. The molecule has 1 unspecified atom stereocenters. The average molecular weight is 261 g/mol. The molecule has 0 spiro atoms. The summed E-state index contributed by atoms with van der Waals surface area (Å²) in [5, 5.41) is 12.6. The third kappa shape index (κ3) is 4.51. The normalized spacial score (nSPS) is 28.5. The van der Waals surface area contributed by atoms with Crippen LogP contribution < -0.4 is 5.32 Å². The maximum atomic E-state index is 11.9. The molecule has 1 atom stereocenters.